The highest BCUT2D eigenvalue weighted by Gasteiger charge is 2.25. The molecule has 3 N–H and O–H groups in total. The molecule has 1 saturated carbocycles. The van der Waals surface area contributed by atoms with Gasteiger partial charge in [-0.2, -0.15) is 0 Å². The first-order valence-electron chi connectivity index (χ1n) is 15.8. The molecular formula is C35H32F3N7O2S. The first-order chi connectivity index (χ1) is 23.4. The molecule has 0 unspecified atom stereocenters. The van der Waals surface area contributed by atoms with Crippen LogP contribution < -0.4 is 20.7 Å². The van der Waals surface area contributed by atoms with Crippen molar-refractivity contribution in [3.05, 3.63) is 95.9 Å². The lowest BCUT2D eigenvalue weighted by Crippen LogP contribution is -2.25. The van der Waals surface area contributed by atoms with Crippen molar-refractivity contribution < 1.29 is 22.7 Å². The van der Waals surface area contributed by atoms with Crippen molar-refractivity contribution in [1.29, 1.82) is 0 Å². The standard InChI is InChI=1S/C35H32F3N7O2S/c36-25-7-4-8-26(37)30(25)33(46)40-23-6-3-5-21(19-23)31-32(48-35(44-31)42-22-9-10-22)28-13-14-39-34(43-28)41-24-11-12-29(27(38)20-24)47-18-17-45-15-1-2-16-45/h3-8,11-14,19-20,22H,1-2,9-10,15-18H2,(H,40,46)(H,42,44)(H,39,41,43). The molecular weight excluding hydrogens is 639 g/mol. The van der Waals surface area contributed by atoms with E-state index in [0.717, 1.165) is 49.5 Å². The van der Waals surface area contributed by atoms with Crippen LogP contribution in [0, 0.1) is 17.5 Å². The average Bonchev–Trinajstić information content (AvgIpc) is 3.54. The number of hydrogen-bond acceptors (Lipinski definition) is 9. The molecule has 0 atom stereocenters. The number of hydrogen-bond donors (Lipinski definition) is 3. The summed E-state index contributed by atoms with van der Waals surface area (Å²) >= 11 is 1.43. The van der Waals surface area contributed by atoms with Crippen LogP contribution in [-0.2, 0) is 0 Å². The summed E-state index contributed by atoms with van der Waals surface area (Å²) in [6.07, 6.45) is 6.09. The van der Waals surface area contributed by atoms with E-state index in [1.165, 1.54) is 36.3 Å². The van der Waals surface area contributed by atoms with Crippen molar-refractivity contribution in [2.45, 2.75) is 31.7 Å². The molecule has 1 aliphatic carbocycles. The Morgan fingerprint density at radius 3 is 2.48 bits per heavy atom. The van der Waals surface area contributed by atoms with Crippen LogP contribution in [0.3, 0.4) is 0 Å². The molecule has 3 aromatic carbocycles. The molecule has 0 bridgehead atoms. The number of likely N-dealkylation sites (tertiary alicyclic amines) is 1. The van der Waals surface area contributed by atoms with Crippen LogP contribution in [-0.4, -0.2) is 58.0 Å². The van der Waals surface area contributed by atoms with Gasteiger partial charge in [0.05, 0.1) is 16.3 Å². The number of benzene rings is 3. The molecule has 2 fully saturated rings. The van der Waals surface area contributed by atoms with Crippen molar-refractivity contribution in [1.82, 2.24) is 19.9 Å². The number of carbonyl (C=O) groups excluding carboxylic acids is 1. The van der Waals surface area contributed by atoms with E-state index in [4.69, 9.17) is 14.7 Å². The van der Waals surface area contributed by atoms with Gasteiger partial charge in [0.2, 0.25) is 5.95 Å². The Bertz CT molecular complexity index is 1930. The second kappa shape index (κ2) is 14.0. The van der Waals surface area contributed by atoms with Crippen LogP contribution in [0.5, 0.6) is 5.75 Å². The summed E-state index contributed by atoms with van der Waals surface area (Å²) in [4.78, 5) is 29.7. The van der Waals surface area contributed by atoms with E-state index in [2.05, 4.69) is 25.8 Å². The predicted octanol–water partition coefficient (Wildman–Crippen LogP) is 7.73. The first-order valence-corrected chi connectivity index (χ1v) is 16.6. The van der Waals surface area contributed by atoms with Gasteiger partial charge >= 0.3 is 0 Å². The summed E-state index contributed by atoms with van der Waals surface area (Å²) in [7, 11) is 0. The lowest BCUT2D eigenvalue weighted by atomic mass is 10.1. The number of nitrogens with zero attached hydrogens (tertiary/aromatic N) is 4. The monoisotopic (exact) mass is 671 g/mol. The van der Waals surface area contributed by atoms with E-state index in [0.29, 0.717) is 46.1 Å². The maximum Gasteiger partial charge on any atom is 0.261 e. The zero-order valence-electron chi connectivity index (χ0n) is 25.8. The van der Waals surface area contributed by atoms with E-state index in [9.17, 15) is 18.0 Å². The van der Waals surface area contributed by atoms with Gasteiger partial charge in [-0.15, -0.1) is 0 Å². The van der Waals surface area contributed by atoms with Crippen molar-refractivity contribution in [3.8, 4) is 27.6 Å². The van der Waals surface area contributed by atoms with Gasteiger partial charge in [0, 0.05) is 41.8 Å². The Hall–Kier alpha value is -5.01. The molecule has 7 rings (SSSR count). The Balaban J connectivity index is 1.11. The van der Waals surface area contributed by atoms with Gasteiger partial charge < -0.3 is 20.7 Å². The van der Waals surface area contributed by atoms with Gasteiger partial charge in [-0.3, -0.25) is 9.69 Å². The van der Waals surface area contributed by atoms with Gasteiger partial charge in [-0.05, 0) is 81.2 Å². The summed E-state index contributed by atoms with van der Waals surface area (Å²) in [6.45, 7) is 3.30. The zero-order valence-corrected chi connectivity index (χ0v) is 26.6. The third-order valence-corrected chi connectivity index (χ3v) is 9.06. The van der Waals surface area contributed by atoms with Gasteiger partial charge in [-0.25, -0.2) is 28.1 Å². The molecule has 2 aliphatic rings. The van der Waals surface area contributed by atoms with E-state index >= 15 is 0 Å². The van der Waals surface area contributed by atoms with Gasteiger partial charge in [-0.1, -0.05) is 29.5 Å². The Morgan fingerprint density at radius 2 is 1.71 bits per heavy atom. The minimum atomic E-state index is -0.950. The topological polar surface area (TPSA) is 104 Å². The van der Waals surface area contributed by atoms with Crippen LogP contribution in [0.4, 0.5) is 35.6 Å². The highest BCUT2D eigenvalue weighted by Crippen LogP contribution is 2.40. The Morgan fingerprint density at radius 1 is 0.917 bits per heavy atom. The summed E-state index contributed by atoms with van der Waals surface area (Å²) in [5.41, 5.74) is 1.98. The molecule has 0 spiro atoms. The van der Waals surface area contributed by atoms with Crippen LogP contribution in [0.2, 0.25) is 0 Å². The number of anilines is 4. The van der Waals surface area contributed by atoms with Crippen molar-refractivity contribution >= 4 is 39.7 Å². The fourth-order valence-electron chi connectivity index (χ4n) is 5.47. The van der Waals surface area contributed by atoms with Crippen molar-refractivity contribution in [2.24, 2.45) is 0 Å². The molecule has 48 heavy (non-hydrogen) atoms. The van der Waals surface area contributed by atoms with Crippen LogP contribution in [0.15, 0.2) is 72.9 Å². The van der Waals surface area contributed by atoms with Crippen molar-refractivity contribution in [2.75, 3.05) is 42.2 Å². The molecule has 1 saturated heterocycles. The van der Waals surface area contributed by atoms with Crippen molar-refractivity contribution in [3.63, 3.8) is 0 Å². The number of amides is 1. The van der Waals surface area contributed by atoms with Gasteiger partial charge in [0.15, 0.2) is 16.7 Å². The Labute approximate surface area is 279 Å². The maximum absolute atomic E-state index is 14.9. The molecule has 246 valence electrons. The molecule has 0 radical (unpaired) electrons. The summed E-state index contributed by atoms with van der Waals surface area (Å²) in [5.74, 6) is -2.83. The third kappa shape index (κ3) is 7.42. The van der Waals surface area contributed by atoms with Gasteiger partial charge in [0.25, 0.3) is 5.91 Å². The SMILES string of the molecule is O=C(Nc1cccc(-c2nc(NC3CC3)sc2-c2ccnc(Nc3ccc(OCCN4CCCC4)c(F)c3)n2)c1)c1c(F)cccc1F. The normalized spacial score (nSPS) is 14.6. The van der Waals surface area contributed by atoms with Crippen LogP contribution in [0.25, 0.3) is 21.8 Å². The van der Waals surface area contributed by atoms with Gasteiger partial charge in [0.1, 0.15) is 23.8 Å². The fourth-order valence-corrected chi connectivity index (χ4v) is 6.50. The fraction of sp³-hybridized carbons (Fsp3) is 0.257. The lowest BCUT2D eigenvalue weighted by Gasteiger charge is -2.15. The minimum Gasteiger partial charge on any atom is -0.489 e. The molecule has 2 aromatic heterocycles. The summed E-state index contributed by atoms with van der Waals surface area (Å²) < 4.78 is 49.1. The number of ether oxygens (including phenoxy) is 1. The molecule has 9 nitrogen and oxygen atoms in total. The smallest absolute Gasteiger partial charge is 0.261 e. The van der Waals surface area contributed by atoms with Crippen LogP contribution >= 0.6 is 11.3 Å². The number of aromatic nitrogens is 3. The number of rotatable bonds is 12. The largest absolute Gasteiger partial charge is 0.489 e. The van der Waals surface area contributed by atoms with Crippen LogP contribution in [0.1, 0.15) is 36.0 Å². The minimum absolute atomic E-state index is 0.192. The molecule has 13 heteroatoms. The number of halogens is 3. The molecule has 3 heterocycles. The summed E-state index contributed by atoms with van der Waals surface area (Å²) in [6, 6.07) is 16.9. The van der Waals surface area contributed by atoms with E-state index < -0.39 is 28.9 Å². The third-order valence-electron chi connectivity index (χ3n) is 8.06. The second-order valence-corrected chi connectivity index (χ2v) is 12.7. The van der Waals surface area contributed by atoms with E-state index in [-0.39, 0.29) is 11.7 Å². The number of thiazole rings is 1. The highest BCUT2D eigenvalue weighted by molar-refractivity contribution is 7.19. The highest BCUT2D eigenvalue weighted by atomic mass is 32.1. The molecule has 1 amide bonds. The van der Waals surface area contributed by atoms with E-state index in [1.54, 1.807) is 42.6 Å². The average molecular weight is 672 g/mol. The number of nitrogens with one attached hydrogen (secondary N) is 3. The first kappa shape index (κ1) is 31.6. The second-order valence-electron chi connectivity index (χ2n) is 11.7. The number of carbonyl (C=O) groups is 1. The Kier molecular flexibility index (Phi) is 9.21. The molecule has 1 aliphatic heterocycles. The molecule has 5 aromatic rings. The predicted molar refractivity (Wildman–Crippen MR) is 180 cm³/mol. The maximum atomic E-state index is 14.9. The quantitative estimate of drug-likeness (QED) is 0.124. The summed E-state index contributed by atoms with van der Waals surface area (Å²) in [5, 5.41) is 9.81. The zero-order chi connectivity index (χ0) is 33.0. The lowest BCUT2D eigenvalue weighted by molar-refractivity contribution is 0.101. The van der Waals surface area contributed by atoms with E-state index in [1.807, 2.05) is 6.07 Å².